The van der Waals surface area contributed by atoms with Gasteiger partial charge >= 0.3 is 0 Å². The monoisotopic (exact) mass is 327 g/mol. The summed E-state index contributed by atoms with van der Waals surface area (Å²) in [6.07, 6.45) is 1.75. The number of benzene rings is 1. The van der Waals surface area contributed by atoms with Crippen molar-refractivity contribution in [2.24, 2.45) is 5.73 Å². The van der Waals surface area contributed by atoms with Crippen molar-refractivity contribution in [3.05, 3.63) is 45.5 Å². The van der Waals surface area contributed by atoms with Crippen LogP contribution in [0.4, 0.5) is 0 Å². The molecule has 21 heavy (non-hydrogen) atoms. The summed E-state index contributed by atoms with van der Waals surface area (Å²) in [5.74, 6) is 0.972. The molecule has 2 heterocycles. The average Bonchev–Trinajstić information content (AvgIpc) is 2.93. The summed E-state index contributed by atoms with van der Waals surface area (Å²) in [6, 6.07) is 5.37. The van der Waals surface area contributed by atoms with Crippen molar-refractivity contribution in [2.45, 2.75) is 24.8 Å². The van der Waals surface area contributed by atoms with Gasteiger partial charge in [-0.05, 0) is 30.5 Å². The normalized spacial score (nSPS) is 17.9. The van der Waals surface area contributed by atoms with E-state index < -0.39 is 5.54 Å². The minimum absolute atomic E-state index is 0.411. The molecule has 2 N–H and O–H groups in total. The predicted octanol–water partition coefficient (Wildman–Crippen LogP) is 2.93. The molecular formula is C14H15Cl2N3O2. The van der Waals surface area contributed by atoms with E-state index in [2.05, 4.69) is 10.1 Å². The van der Waals surface area contributed by atoms with E-state index in [1.807, 2.05) is 0 Å². The molecule has 1 saturated heterocycles. The van der Waals surface area contributed by atoms with Gasteiger partial charge in [-0.25, -0.2) is 0 Å². The number of ether oxygens (including phenoxy) is 1. The van der Waals surface area contributed by atoms with Crippen molar-refractivity contribution in [1.29, 1.82) is 0 Å². The Bertz CT molecular complexity index is 619. The van der Waals surface area contributed by atoms with E-state index in [9.17, 15) is 0 Å². The molecule has 3 rings (SSSR count). The molecule has 0 spiro atoms. The number of hydrogen-bond acceptors (Lipinski definition) is 5. The molecule has 0 amide bonds. The molecule has 2 aromatic rings. The number of aromatic nitrogens is 2. The second-order valence-corrected chi connectivity index (χ2v) is 5.98. The Morgan fingerprint density at radius 3 is 2.52 bits per heavy atom. The molecule has 0 aliphatic carbocycles. The van der Waals surface area contributed by atoms with Crippen molar-refractivity contribution < 1.29 is 9.26 Å². The molecule has 1 aliphatic heterocycles. The average molecular weight is 328 g/mol. The summed E-state index contributed by atoms with van der Waals surface area (Å²) in [6.45, 7) is 1.20. The van der Waals surface area contributed by atoms with E-state index >= 15 is 0 Å². The first-order chi connectivity index (χ1) is 10.1. The van der Waals surface area contributed by atoms with Gasteiger partial charge in [-0.1, -0.05) is 34.4 Å². The van der Waals surface area contributed by atoms with Crippen LogP contribution in [0, 0.1) is 0 Å². The third kappa shape index (κ3) is 3.06. The van der Waals surface area contributed by atoms with Gasteiger partial charge in [0.25, 0.3) is 0 Å². The first-order valence-electron chi connectivity index (χ1n) is 6.71. The van der Waals surface area contributed by atoms with Crippen LogP contribution in [0.25, 0.3) is 0 Å². The lowest BCUT2D eigenvalue weighted by atomic mass is 9.91. The fourth-order valence-electron chi connectivity index (χ4n) is 2.34. The molecule has 0 unspecified atom stereocenters. The lowest BCUT2D eigenvalue weighted by Crippen LogP contribution is -2.42. The van der Waals surface area contributed by atoms with Crippen LogP contribution in [0.1, 0.15) is 30.1 Å². The van der Waals surface area contributed by atoms with Gasteiger partial charge in [-0.3, -0.25) is 0 Å². The predicted molar refractivity (Wildman–Crippen MR) is 79.5 cm³/mol. The highest BCUT2D eigenvalue weighted by atomic mass is 35.5. The Kier molecular flexibility index (Phi) is 4.17. The third-order valence-electron chi connectivity index (χ3n) is 3.68. The molecule has 1 aliphatic rings. The van der Waals surface area contributed by atoms with Gasteiger partial charge in [-0.15, -0.1) is 0 Å². The maximum absolute atomic E-state index is 6.32. The van der Waals surface area contributed by atoms with E-state index in [1.54, 1.807) is 18.2 Å². The quantitative estimate of drug-likeness (QED) is 0.938. The lowest BCUT2D eigenvalue weighted by Gasteiger charge is -2.29. The molecule has 0 atom stereocenters. The summed E-state index contributed by atoms with van der Waals surface area (Å²) >= 11 is 12.3. The van der Waals surface area contributed by atoms with Gasteiger partial charge in [0.15, 0.2) is 5.82 Å². The van der Waals surface area contributed by atoms with Crippen LogP contribution in [0.2, 0.25) is 10.0 Å². The standard InChI is InChI=1S/C14H15Cl2N3O2/c15-10-2-1-3-11(16)9(10)8-12-18-13(21-19-12)14(17)4-6-20-7-5-14/h1-3H,4-8,17H2. The van der Waals surface area contributed by atoms with E-state index in [-0.39, 0.29) is 0 Å². The van der Waals surface area contributed by atoms with Crippen LogP contribution < -0.4 is 5.73 Å². The van der Waals surface area contributed by atoms with Crippen LogP contribution in [0.3, 0.4) is 0 Å². The molecule has 7 heteroatoms. The number of hydrogen-bond donors (Lipinski definition) is 1. The SMILES string of the molecule is NC1(c2nc(Cc3c(Cl)cccc3Cl)no2)CCOCC1. The Hall–Kier alpha value is -1.14. The fraction of sp³-hybridized carbons (Fsp3) is 0.429. The third-order valence-corrected chi connectivity index (χ3v) is 4.38. The van der Waals surface area contributed by atoms with Gasteiger partial charge in [0.2, 0.25) is 5.89 Å². The Balaban J connectivity index is 1.82. The Morgan fingerprint density at radius 1 is 1.19 bits per heavy atom. The fourth-order valence-corrected chi connectivity index (χ4v) is 2.87. The molecule has 5 nitrogen and oxygen atoms in total. The number of nitrogens with two attached hydrogens (primary N) is 1. The van der Waals surface area contributed by atoms with E-state index in [4.69, 9.17) is 38.2 Å². The molecule has 1 aromatic heterocycles. The highest BCUT2D eigenvalue weighted by Crippen LogP contribution is 2.30. The van der Waals surface area contributed by atoms with Crippen LogP contribution in [0.5, 0.6) is 0 Å². The van der Waals surface area contributed by atoms with E-state index in [0.29, 0.717) is 54.2 Å². The highest BCUT2D eigenvalue weighted by Gasteiger charge is 2.35. The summed E-state index contributed by atoms with van der Waals surface area (Å²) in [7, 11) is 0. The maximum Gasteiger partial charge on any atom is 0.246 e. The lowest BCUT2D eigenvalue weighted by molar-refractivity contribution is 0.0400. The molecule has 0 radical (unpaired) electrons. The largest absolute Gasteiger partial charge is 0.381 e. The van der Waals surface area contributed by atoms with Crippen LogP contribution >= 0.6 is 23.2 Å². The van der Waals surface area contributed by atoms with Crippen molar-refractivity contribution in [3.8, 4) is 0 Å². The first kappa shape index (κ1) is 14.8. The molecule has 112 valence electrons. The van der Waals surface area contributed by atoms with Gasteiger partial charge < -0.3 is 15.0 Å². The second kappa shape index (κ2) is 5.93. The van der Waals surface area contributed by atoms with Crippen LogP contribution in [-0.2, 0) is 16.7 Å². The zero-order valence-corrected chi connectivity index (χ0v) is 12.8. The summed E-state index contributed by atoms with van der Waals surface area (Å²) in [4.78, 5) is 4.41. The molecule has 1 fully saturated rings. The van der Waals surface area contributed by atoms with Crippen molar-refractivity contribution in [2.75, 3.05) is 13.2 Å². The Morgan fingerprint density at radius 2 is 1.86 bits per heavy atom. The van der Waals surface area contributed by atoms with Crippen LogP contribution in [0.15, 0.2) is 22.7 Å². The van der Waals surface area contributed by atoms with Gasteiger partial charge in [-0.2, -0.15) is 4.98 Å². The van der Waals surface area contributed by atoms with Crippen molar-refractivity contribution >= 4 is 23.2 Å². The smallest absolute Gasteiger partial charge is 0.246 e. The van der Waals surface area contributed by atoms with Crippen LogP contribution in [-0.4, -0.2) is 23.4 Å². The second-order valence-electron chi connectivity index (χ2n) is 5.16. The maximum atomic E-state index is 6.32. The highest BCUT2D eigenvalue weighted by molar-refractivity contribution is 6.36. The van der Waals surface area contributed by atoms with Gasteiger partial charge in [0.05, 0.1) is 0 Å². The minimum Gasteiger partial charge on any atom is -0.381 e. The summed E-state index contributed by atoms with van der Waals surface area (Å²) in [5, 5.41) is 5.16. The Labute approximate surface area is 132 Å². The van der Waals surface area contributed by atoms with Gasteiger partial charge in [0.1, 0.15) is 5.54 Å². The number of halogens is 2. The summed E-state index contributed by atoms with van der Waals surface area (Å²) < 4.78 is 10.6. The molecule has 1 aromatic carbocycles. The number of rotatable bonds is 3. The first-order valence-corrected chi connectivity index (χ1v) is 7.47. The summed E-state index contributed by atoms with van der Waals surface area (Å²) in [5.41, 5.74) is 6.50. The number of nitrogens with zero attached hydrogens (tertiary/aromatic N) is 2. The minimum atomic E-state index is -0.603. The molecule has 0 bridgehead atoms. The van der Waals surface area contributed by atoms with Crippen molar-refractivity contribution in [3.63, 3.8) is 0 Å². The molecule has 0 saturated carbocycles. The van der Waals surface area contributed by atoms with E-state index in [1.165, 1.54) is 0 Å². The van der Waals surface area contributed by atoms with Gasteiger partial charge in [0, 0.05) is 29.7 Å². The van der Waals surface area contributed by atoms with E-state index in [0.717, 1.165) is 5.56 Å². The zero-order valence-electron chi connectivity index (χ0n) is 11.3. The zero-order chi connectivity index (χ0) is 14.9. The topological polar surface area (TPSA) is 74.2 Å². The molecular weight excluding hydrogens is 313 g/mol. The van der Waals surface area contributed by atoms with Crippen molar-refractivity contribution in [1.82, 2.24) is 10.1 Å².